The molecule has 0 spiro atoms. The molecule has 2 saturated carbocycles. The smallest absolute Gasteiger partial charge is 0.398 e. The van der Waals surface area contributed by atoms with E-state index in [0.717, 1.165) is 0 Å². The SMILES string of the molecule is O=[N+]([O-])c1ccc(C(=S)N(C2CCCCC2)C2CCCCC2)o1. The van der Waals surface area contributed by atoms with Crippen molar-refractivity contribution in [1.29, 1.82) is 0 Å². The summed E-state index contributed by atoms with van der Waals surface area (Å²) in [6, 6.07) is 3.98. The Hall–Kier alpha value is -1.43. The molecule has 5 nitrogen and oxygen atoms in total. The number of rotatable bonds is 4. The zero-order chi connectivity index (χ0) is 16.2. The number of hydrogen-bond donors (Lipinski definition) is 0. The largest absolute Gasteiger partial charge is 0.433 e. The van der Waals surface area contributed by atoms with Crippen LogP contribution in [0, 0.1) is 10.1 Å². The Kier molecular flexibility index (Phi) is 5.30. The molecule has 0 N–H and O–H groups in total. The molecule has 0 saturated heterocycles. The van der Waals surface area contributed by atoms with E-state index in [0.29, 0.717) is 22.8 Å². The van der Waals surface area contributed by atoms with Gasteiger partial charge in [-0.05, 0) is 31.7 Å². The Morgan fingerprint density at radius 2 is 1.57 bits per heavy atom. The van der Waals surface area contributed by atoms with Crippen LogP contribution in [0.2, 0.25) is 0 Å². The molecule has 0 atom stereocenters. The summed E-state index contributed by atoms with van der Waals surface area (Å²) >= 11 is 5.71. The molecule has 0 unspecified atom stereocenters. The van der Waals surface area contributed by atoms with Gasteiger partial charge < -0.3 is 9.32 Å². The Bertz CT molecular complexity index is 542. The molecule has 23 heavy (non-hydrogen) atoms. The second-order valence-corrected chi connectivity index (χ2v) is 7.08. The molecule has 1 heterocycles. The topological polar surface area (TPSA) is 59.5 Å². The third kappa shape index (κ3) is 3.74. The lowest BCUT2D eigenvalue weighted by molar-refractivity contribution is -0.402. The van der Waals surface area contributed by atoms with Crippen molar-refractivity contribution in [2.45, 2.75) is 76.3 Å². The third-order valence-corrected chi connectivity index (χ3v) is 5.57. The summed E-state index contributed by atoms with van der Waals surface area (Å²) in [5.74, 6) is 0.248. The first-order chi connectivity index (χ1) is 11.2. The van der Waals surface area contributed by atoms with E-state index in [1.807, 2.05) is 0 Å². The van der Waals surface area contributed by atoms with Crippen molar-refractivity contribution >= 4 is 23.1 Å². The maximum atomic E-state index is 10.9. The van der Waals surface area contributed by atoms with Crippen molar-refractivity contribution < 1.29 is 9.34 Å². The number of nitrogens with zero attached hydrogens (tertiary/aromatic N) is 2. The molecule has 2 fully saturated rings. The van der Waals surface area contributed by atoms with Crippen LogP contribution in [0.5, 0.6) is 0 Å². The highest BCUT2D eigenvalue weighted by atomic mass is 32.1. The molecule has 126 valence electrons. The van der Waals surface area contributed by atoms with Gasteiger partial charge >= 0.3 is 5.88 Å². The number of thiocarbonyl (C=S) groups is 1. The molecule has 0 amide bonds. The molecule has 0 aromatic carbocycles. The minimum atomic E-state index is -0.502. The Labute approximate surface area is 142 Å². The molecule has 6 heteroatoms. The van der Waals surface area contributed by atoms with Gasteiger partial charge in [0.2, 0.25) is 0 Å². The van der Waals surface area contributed by atoms with Crippen LogP contribution in [0.15, 0.2) is 16.5 Å². The highest BCUT2D eigenvalue weighted by Gasteiger charge is 2.32. The monoisotopic (exact) mass is 336 g/mol. The molecule has 0 radical (unpaired) electrons. The number of nitro groups is 1. The van der Waals surface area contributed by atoms with E-state index in [9.17, 15) is 10.1 Å². The van der Waals surface area contributed by atoms with Gasteiger partial charge in [-0.3, -0.25) is 10.1 Å². The van der Waals surface area contributed by atoms with Crippen LogP contribution in [0.3, 0.4) is 0 Å². The summed E-state index contributed by atoms with van der Waals surface area (Å²) < 4.78 is 5.39. The predicted octanol–water partition coefficient (Wildman–Crippen LogP) is 4.83. The van der Waals surface area contributed by atoms with Gasteiger partial charge in [0.05, 0.1) is 6.07 Å². The lowest BCUT2D eigenvalue weighted by Gasteiger charge is -2.42. The molecule has 1 aromatic rings. The molecule has 0 bridgehead atoms. The van der Waals surface area contributed by atoms with E-state index in [1.54, 1.807) is 6.07 Å². The van der Waals surface area contributed by atoms with Crippen molar-refractivity contribution in [2.24, 2.45) is 0 Å². The molecule has 2 aliphatic rings. The Morgan fingerprint density at radius 1 is 1.04 bits per heavy atom. The van der Waals surface area contributed by atoms with Gasteiger partial charge in [-0.2, -0.15) is 0 Å². The zero-order valence-electron chi connectivity index (χ0n) is 13.4. The third-order valence-electron chi connectivity index (χ3n) is 5.15. The van der Waals surface area contributed by atoms with Crippen molar-refractivity contribution in [3.05, 3.63) is 28.0 Å². The van der Waals surface area contributed by atoms with E-state index < -0.39 is 4.92 Å². The molecule has 0 aliphatic heterocycles. The highest BCUT2D eigenvalue weighted by Crippen LogP contribution is 2.32. The number of furan rings is 1. The van der Waals surface area contributed by atoms with Crippen LogP contribution in [-0.4, -0.2) is 26.9 Å². The van der Waals surface area contributed by atoms with Gasteiger partial charge in [-0.25, -0.2) is 0 Å². The first-order valence-corrected chi connectivity index (χ1v) is 9.14. The first-order valence-electron chi connectivity index (χ1n) is 8.73. The second kappa shape index (κ2) is 7.43. The van der Waals surface area contributed by atoms with E-state index in [2.05, 4.69) is 4.90 Å². The van der Waals surface area contributed by atoms with Crippen LogP contribution in [-0.2, 0) is 0 Å². The van der Waals surface area contributed by atoms with Crippen molar-refractivity contribution in [2.75, 3.05) is 0 Å². The maximum Gasteiger partial charge on any atom is 0.433 e. The van der Waals surface area contributed by atoms with Gasteiger partial charge in [0.15, 0.2) is 5.76 Å². The summed E-state index contributed by atoms with van der Waals surface area (Å²) in [5.41, 5.74) is 0. The number of hydrogen-bond acceptors (Lipinski definition) is 4. The minimum Gasteiger partial charge on any atom is -0.398 e. The van der Waals surface area contributed by atoms with E-state index in [4.69, 9.17) is 16.6 Å². The van der Waals surface area contributed by atoms with E-state index in [-0.39, 0.29) is 5.88 Å². The van der Waals surface area contributed by atoms with Crippen LogP contribution < -0.4 is 0 Å². The normalized spacial score (nSPS) is 20.3. The average molecular weight is 336 g/mol. The fourth-order valence-electron chi connectivity index (χ4n) is 4.02. The standard InChI is InChI=1S/C17H24N2O3S/c20-19(21)16-12-11-15(22-16)17(23)18(13-7-3-1-4-8-13)14-9-5-2-6-10-14/h11-14H,1-10H2. The Balaban J connectivity index is 1.82. The van der Waals surface area contributed by atoms with Gasteiger partial charge in [0, 0.05) is 12.1 Å². The fourth-order valence-corrected chi connectivity index (χ4v) is 4.42. The maximum absolute atomic E-state index is 10.9. The summed E-state index contributed by atoms with van der Waals surface area (Å²) in [5, 5.41) is 10.9. The van der Waals surface area contributed by atoms with Crippen LogP contribution >= 0.6 is 12.2 Å². The summed E-state index contributed by atoms with van der Waals surface area (Å²) in [6.45, 7) is 0. The van der Waals surface area contributed by atoms with Crippen molar-refractivity contribution in [1.82, 2.24) is 4.90 Å². The zero-order valence-corrected chi connectivity index (χ0v) is 14.2. The minimum absolute atomic E-state index is 0.227. The Morgan fingerprint density at radius 3 is 2.00 bits per heavy atom. The lowest BCUT2D eigenvalue weighted by Crippen LogP contribution is -2.48. The molecular formula is C17H24N2O3S. The van der Waals surface area contributed by atoms with Gasteiger partial charge in [0.25, 0.3) is 0 Å². The molecule has 1 aromatic heterocycles. The van der Waals surface area contributed by atoms with E-state index >= 15 is 0 Å². The first kappa shape index (κ1) is 16.4. The van der Waals surface area contributed by atoms with Gasteiger partial charge in [0.1, 0.15) is 9.91 Å². The lowest BCUT2D eigenvalue weighted by atomic mass is 9.88. The fraction of sp³-hybridized carbons (Fsp3) is 0.706. The molecule has 2 aliphatic carbocycles. The van der Waals surface area contributed by atoms with Crippen LogP contribution in [0.4, 0.5) is 5.88 Å². The quantitative estimate of drug-likeness (QED) is 0.448. The summed E-state index contributed by atoms with van der Waals surface area (Å²) in [6.07, 6.45) is 12.2. The summed E-state index contributed by atoms with van der Waals surface area (Å²) in [7, 11) is 0. The van der Waals surface area contributed by atoms with Crippen molar-refractivity contribution in [3.63, 3.8) is 0 Å². The van der Waals surface area contributed by atoms with E-state index in [1.165, 1.54) is 70.3 Å². The molecule has 3 rings (SSSR count). The summed E-state index contributed by atoms with van der Waals surface area (Å²) in [4.78, 5) is 13.4. The molecular weight excluding hydrogens is 312 g/mol. The second-order valence-electron chi connectivity index (χ2n) is 6.69. The highest BCUT2D eigenvalue weighted by molar-refractivity contribution is 7.80. The van der Waals surface area contributed by atoms with Gasteiger partial charge in [-0.1, -0.05) is 50.7 Å². The van der Waals surface area contributed by atoms with Gasteiger partial charge in [-0.15, -0.1) is 0 Å². The van der Waals surface area contributed by atoms with Crippen molar-refractivity contribution in [3.8, 4) is 0 Å². The predicted molar refractivity (Wildman–Crippen MR) is 92.6 cm³/mol. The van der Waals surface area contributed by atoms with Crippen LogP contribution in [0.25, 0.3) is 0 Å². The average Bonchev–Trinajstić information content (AvgIpc) is 3.07. The van der Waals surface area contributed by atoms with Crippen LogP contribution in [0.1, 0.15) is 70.0 Å².